The zero-order valence-electron chi connectivity index (χ0n) is 13.8. The normalized spacial score (nSPS) is 12.6. The number of anilines is 1. The Balaban J connectivity index is 2.59. The highest BCUT2D eigenvalue weighted by molar-refractivity contribution is 7.93. The highest BCUT2D eigenvalue weighted by Gasteiger charge is 2.32. The van der Waals surface area contributed by atoms with E-state index in [1.54, 1.807) is 4.72 Å². The van der Waals surface area contributed by atoms with Gasteiger partial charge in [-0.3, -0.25) is 4.72 Å². The monoisotopic (exact) mass is 457 g/mol. The predicted molar refractivity (Wildman–Crippen MR) is 93.8 cm³/mol. The lowest BCUT2D eigenvalue weighted by Gasteiger charge is -2.14. The van der Waals surface area contributed by atoms with Gasteiger partial charge in [0.1, 0.15) is 4.90 Å². The van der Waals surface area contributed by atoms with E-state index in [0.29, 0.717) is 18.2 Å². The maximum Gasteiger partial charge on any atom is 0.416 e. The van der Waals surface area contributed by atoms with Gasteiger partial charge in [-0.05, 0) is 36.4 Å². The van der Waals surface area contributed by atoms with Crippen molar-refractivity contribution >= 4 is 43.1 Å². The SMILES string of the molecule is CS(=O)(=O)c1ccc(Cl)c(S(=O)(=O)Nc2cc(C(=O)O)cc(C(F)(F)F)c2)c1. The third-order valence-electron chi connectivity index (χ3n) is 3.38. The molecule has 0 bridgehead atoms. The summed E-state index contributed by atoms with van der Waals surface area (Å²) in [5.74, 6) is -1.70. The summed E-state index contributed by atoms with van der Waals surface area (Å²) in [5, 5.41) is 8.57. The smallest absolute Gasteiger partial charge is 0.416 e. The Hall–Kier alpha value is -2.31. The molecule has 0 aliphatic rings. The van der Waals surface area contributed by atoms with E-state index in [4.69, 9.17) is 16.7 Å². The zero-order chi connectivity index (χ0) is 21.5. The maximum atomic E-state index is 13.0. The van der Waals surface area contributed by atoms with Gasteiger partial charge in [-0.2, -0.15) is 13.2 Å². The van der Waals surface area contributed by atoms with Crippen LogP contribution in [0.3, 0.4) is 0 Å². The fourth-order valence-corrected chi connectivity index (χ4v) is 4.39. The van der Waals surface area contributed by atoms with Crippen molar-refractivity contribution in [2.24, 2.45) is 0 Å². The van der Waals surface area contributed by atoms with Gasteiger partial charge in [-0.25, -0.2) is 21.6 Å². The van der Waals surface area contributed by atoms with Crippen LogP contribution in [0.25, 0.3) is 0 Å². The van der Waals surface area contributed by atoms with Crippen LogP contribution in [0.15, 0.2) is 46.2 Å². The minimum atomic E-state index is -4.93. The van der Waals surface area contributed by atoms with E-state index in [1.165, 1.54) is 0 Å². The molecule has 0 heterocycles. The average Bonchev–Trinajstić information content (AvgIpc) is 2.52. The molecule has 0 radical (unpaired) electrons. The molecule has 152 valence electrons. The number of nitrogens with one attached hydrogen (secondary N) is 1. The van der Waals surface area contributed by atoms with Crippen molar-refractivity contribution in [3.8, 4) is 0 Å². The Morgan fingerprint density at radius 2 is 1.68 bits per heavy atom. The van der Waals surface area contributed by atoms with E-state index in [9.17, 15) is 34.8 Å². The molecule has 0 amide bonds. The van der Waals surface area contributed by atoms with E-state index in [0.717, 1.165) is 24.5 Å². The molecule has 0 saturated heterocycles. The highest BCUT2D eigenvalue weighted by Crippen LogP contribution is 2.33. The van der Waals surface area contributed by atoms with Crippen molar-refractivity contribution in [1.82, 2.24) is 0 Å². The molecule has 7 nitrogen and oxygen atoms in total. The Bertz CT molecular complexity index is 1160. The number of carboxylic acids is 1. The molecule has 0 atom stereocenters. The molecule has 0 aromatic heterocycles. The number of sulfone groups is 1. The standard InChI is InChI=1S/C15H11ClF3NO6S2/c1-27(23,24)11-2-3-12(16)13(7-11)28(25,26)20-10-5-8(14(21)22)4-9(6-10)15(17,18)19/h2-7,20H,1H3,(H,21,22). The van der Waals surface area contributed by atoms with Crippen LogP contribution in [0.4, 0.5) is 18.9 Å². The molecule has 2 rings (SSSR count). The van der Waals surface area contributed by atoms with E-state index >= 15 is 0 Å². The van der Waals surface area contributed by atoms with Crippen molar-refractivity contribution in [3.05, 3.63) is 52.5 Å². The first-order chi connectivity index (χ1) is 12.6. The molecule has 28 heavy (non-hydrogen) atoms. The van der Waals surface area contributed by atoms with Crippen LogP contribution in [0, 0.1) is 0 Å². The Morgan fingerprint density at radius 1 is 1.07 bits per heavy atom. The highest BCUT2D eigenvalue weighted by atomic mass is 35.5. The second-order valence-electron chi connectivity index (χ2n) is 5.57. The van der Waals surface area contributed by atoms with Gasteiger partial charge in [0.2, 0.25) is 0 Å². The average molecular weight is 458 g/mol. The molecule has 0 fully saturated rings. The second-order valence-corrected chi connectivity index (χ2v) is 9.65. The molecular formula is C15H11ClF3NO6S2. The van der Waals surface area contributed by atoms with Crippen LogP contribution in [0.1, 0.15) is 15.9 Å². The number of carbonyl (C=O) groups is 1. The van der Waals surface area contributed by atoms with Crippen LogP contribution < -0.4 is 4.72 Å². The van der Waals surface area contributed by atoms with E-state index in [-0.39, 0.29) is 9.92 Å². The van der Waals surface area contributed by atoms with Crippen molar-refractivity contribution in [3.63, 3.8) is 0 Å². The van der Waals surface area contributed by atoms with Gasteiger partial charge >= 0.3 is 12.1 Å². The summed E-state index contributed by atoms with van der Waals surface area (Å²) in [7, 11) is -8.43. The van der Waals surface area contributed by atoms with Gasteiger partial charge in [-0.1, -0.05) is 11.6 Å². The number of sulfonamides is 1. The molecule has 2 aromatic carbocycles. The molecule has 0 saturated carbocycles. The summed E-state index contributed by atoms with van der Waals surface area (Å²) in [6, 6.07) is 4.23. The molecular weight excluding hydrogens is 447 g/mol. The number of hydrogen-bond donors (Lipinski definition) is 2. The molecule has 13 heteroatoms. The minimum absolute atomic E-state index is 0.345. The summed E-state index contributed by atoms with van der Waals surface area (Å²) >= 11 is 5.79. The van der Waals surface area contributed by atoms with Crippen LogP contribution in [-0.4, -0.2) is 34.2 Å². The van der Waals surface area contributed by atoms with Crippen molar-refractivity contribution in [2.75, 3.05) is 11.0 Å². The van der Waals surface area contributed by atoms with Gasteiger partial charge < -0.3 is 5.11 Å². The summed E-state index contributed by atoms with van der Waals surface area (Å²) in [5.41, 5.74) is -2.88. The number of aromatic carboxylic acids is 1. The fraction of sp³-hybridized carbons (Fsp3) is 0.133. The van der Waals surface area contributed by atoms with Crippen molar-refractivity contribution < 1.29 is 39.9 Å². The quantitative estimate of drug-likeness (QED) is 0.711. The van der Waals surface area contributed by atoms with Crippen molar-refractivity contribution in [2.45, 2.75) is 16.0 Å². The number of carboxylic acid groups (broad SMARTS) is 1. The lowest BCUT2D eigenvalue weighted by atomic mass is 10.1. The Morgan fingerprint density at radius 3 is 2.18 bits per heavy atom. The second kappa shape index (κ2) is 7.26. The zero-order valence-corrected chi connectivity index (χ0v) is 16.2. The number of hydrogen-bond acceptors (Lipinski definition) is 5. The fourth-order valence-electron chi connectivity index (χ4n) is 2.10. The third kappa shape index (κ3) is 4.94. The first-order valence-electron chi connectivity index (χ1n) is 7.09. The van der Waals surface area contributed by atoms with E-state index in [2.05, 4.69) is 0 Å². The molecule has 2 N–H and O–H groups in total. The summed E-state index contributed by atoms with van der Waals surface area (Å²) in [4.78, 5) is 9.96. The van der Waals surface area contributed by atoms with Crippen LogP contribution in [0.2, 0.25) is 5.02 Å². The number of alkyl halides is 3. The van der Waals surface area contributed by atoms with E-state index in [1.807, 2.05) is 0 Å². The van der Waals surface area contributed by atoms with Crippen LogP contribution >= 0.6 is 11.6 Å². The van der Waals surface area contributed by atoms with Gasteiger partial charge in [0, 0.05) is 6.26 Å². The number of rotatable bonds is 5. The Labute approximate surface area is 162 Å². The Kier molecular flexibility index (Phi) is 5.70. The van der Waals surface area contributed by atoms with Crippen molar-refractivity contribution in [1.29, 1.82) is 0 Å². The summed E-state index contributed by atoms with van der Waals surface area (Å²) in [6.07, 6.45) is -4.11. The molecule has 2 aromatic rings. The first kappa shape index (κ1) is 22.0. The largest absolute Gasteiger partial charge is 0.478 e. The van der Waals surface area contributed by atoms with Gasteiger partial charge in [0.25, 0.3) is 10.0 Å². The maximum absolute atomic E-state index is 13.0. The topological polar surface area (TPSA) is 118 Å². The first-order valence-corrected chi connectivity index (χ1v) is 10.8. The van der Waals surface area contributed by atoms with Crippen LogP contribution in [0.5, 0.6) is 0 Å². The molecule has 0 unspecified atom stereocenters. The lowest BCUT2D eigenvalue weighted by molar-refractivity contribution is -0.137. The van der Waals surface area contributed by atoms with E-state index < -0.39 is 53.7 Å². The van der Waals surface area contributed by atoms with Crippen LogP contribution in [-0.2, 0) is 26.0 Å². The summed E-state index contributed by atoms with van der Waals surface area (Å²) in [6.45, 7) is 0. The number of halogens is 4. The summed E-state index contributed by atoms with van der Waals surface area (Å²) < 4.78 is 88.9. The molecule has 0 aliphatic heterocycles. The predicted octanol–water partition coefficient (Wildman–Crippen LogP) is 3.26. The number of benzene rings is 2. The molecule has 0 spiro atoms. The molecule has 0 aliphatic carbocycles. The van der Waals surface area contributed by atoms with Gasteiger partial charge in [0.15, 0.2) is 9.84 Å². The van der Waals surface area contributed by atoms with Gasteiger partial charge in [-0.15, -0.1) is 0 Å². The minimum Gasteiger partial charge on any atom is -0.478 e. The van der Waals surface area contributed by atoms with Gasteiger partial charge in [0.05, 0.1) is 26.7 Å². The third-order valence-corrected chi connectivity index (χ3v) is 6.35. The lowest BCUT2D eigenvalue weighted by Crippen LogP contribution is -2.16.